The summed E-state index contributed by atoms with van der Waals surface area (Å²) in [7, 11) is 16.4. The third kappa shape index (κ3) is 7.75. The van der Waals surface area contributed by atoms with Crippen molar-refractivity contribution in [3.8, 4) is 5.75 Å². The van der Waals surface area contributed by atoms with Gasteiger partial charge in [0.25, 0.3) is 0 Å². The number of hydrogen-bond acceptors (Lipinski definition) is 2. The van der Waals surface area contributed by atoms with Gasteiger partial charge in [-0.15, -0.1) is 0 Å². The molecule has 0 saturated carbocycles. The first kappa shape index (κ1) is 30.4. The molecule has 0 spiro atoms. The molecule has 0 aliphatic carbocycles. The van der Waals surface area contributed by atoms with Gasteiger partial charge in [0, 0.05) is 5.69 Å². The third-order valence-corrected chi connectivity index (χ3v) is 3.75. The Hall–Kier alpha value is -2.59. The summed E-state index contributed by atoms with van der Waals surface area (Å²) >= 11 is 0. The predicted octanol–water partition coefficient (Wildman–Crippen LogP) is 5.96. The van der Waals surface area contributed by atoms with Gasteiger partial charge in [0.1, 0.15) is 11.6 Å². The van der Waals surface area contributed by atoms with Crippen LogP contribution in [0.5, 0.6) is 5.75 Å². The minimum Gasteiger partial charge on any atom is -0.409 e. The lowest BCUT2D eigenvalue weighted by Gasteiger charge is -2.36. The fourth-order valence-electron chi connectivity index (χ4n) is 2.49. The van der Waals surface area contributed by atoms with Crippen LogP contribution in [0.2, 0.25) is 0 Å². The monoisotopic (exact) mass is 471 g/mol. The fourth-order valence-corrected chi connectivity index (χ4v) is 2.49. The van der Waals surface area contributed by atoms with Gasteiger partial charge in [0.05, 0.1) is 34.7 Å². The molecule has 2 rings (SSSR count). The van der Waals surface area contributed by atoms with E-state index in [0.29, 0.717) is 11.0 Å². The van der Waals surface area contributed by atoms with Crippen LogP contribution < -0.4 is 9.64 Å². The Morgan fingerprint density at radius 2 is 1.39 bits per heavy atom. The molecule has 0 atom stereocenters. The maximum absolute atomic E-state index is 13.4. The van der Waals surface area contributed by atoms with Crippen molar-refractivity contribution in [1.29, 1.82) is 0 Å². The van der Waals surface area contributed by atoms with Gasteiger partial charge < -0.3 is 4.74 Å². The first-order chi connectivity index (χ1) is 14.5. The fraction of sp³-hybridized carbons (Fsp3) is 0.350. The van der Waals surface area contributed by atoms with Crippen molar-refractivity contribution in [3.05, 3.63) is 58.9 Å². The van der Waals surface area contributed by atoms with Crippen molar-refractivity contribution in [2.75, 3.05) is 4.90 Å². The van der Waals surface area contributed by atoms with Crippen molar-refractivity contribution in [1.82, 2.24) is 0 Å². The number of rotatable bonds is 3. The molecule has 6 radical (unpaired) electrons. The summed E-state index contributed by atoms with van der Waals surface area (Å²) in [6.45, 7) is 4.88. The molecular formula is C20H19B3F7NO2. The standard InChI is InChI=1S/C17H9B3F7NO2.C2H6.CH4/c1-8-6-9(15(22,23)24)7-12(16(25,26)27)13(8)30-14(29)28(17(18,19)20)11-4-2-10(21)3-5-11;1-2;/h2-7H,1H3;1-2H3;1H4. The van der Waals surface area contributed by atoms with Gasteiger partial charge in [0.15, 0.2) is 0 Å². The van der Waals surface area contributed by atoms with E-state index in [1.807, 2.05) is 13.8 Å². The molecule has 0 aliphatic heterocycles. The molecule has 0 bridgehead atoms. The van der Waals surface area contributed by atoms with E-state index in [2.05, 4.69) is 0 Å². The zero-order chi connectivity index (χ0) is 25.1. The van der Waals surface area contributed by atoms with E-state index >= 15 is 0 Å². The molecule has 33 heavy (non-hydrogen) atoms. The largest absolute Gasteiger partial charge is 0.420 e. The lowest BCUT2D eigenvalue weighted by Crippen LogP contribution is -2.55. The molecule has 174 valence electrons. The minimum absolute atomic E-state index is 0. The van der Waals surface area contributed by atoms with Crippen LogP contribution in [0.4, 0.5) is 41.2 Å². The number of ether oxygens (including phenoxy) is 1. The molecular weight excluding hydrogens is 452 g/mol. The summed E-state index contributed by atoms with van der Waals surface area (Å²) in [6.07, 6.45) is -12.0. The van der Waals surface area contributed by atoms with E-state index in [1.54, 1.807) is 0 Å². The number of nitrogens with zero attached hydrogens (tertiary/aromatic N) is 1. The molecule has 2 aromatic rings. The van der Waals surface area contributed by atoms with Gasteiger partial charge in [-0.3, -0.25) is 4.90 Å². The van der Waals surface area contributed by atoms with Crippen LogP contribution in [0.15, 0.2) is 36.4 Å². The highest BCUT2D eigenvalue weighted by molar-refractivity contribution is 6.62. The Kier molecular flexibility index (Phi) is 10.2. The average Bonchev–Trinajstić information content (AvgIpc) is 2.63. The lowest BCUT2D eigenvalue weighted by molar-refractivity contribution is -0.143. The molecule has 3 nitrogen and oxygen atoms in total. The number of carbonyl (C=O) groups is 1. The van der Waals surface area contributed by atoms with Gasteiger partial charge in [-0.25, -0.2) is 9.18 Å². The van der Waals surface area contributed by atoms with Crippen LogP contribution >= 0.6 is 0 Å². The van der Waals surface area contributed by atoms with Gasteiger partial charge in [-0.2, -0.15) is 26.3 Å². The number of anilines is 1. The number of hydrogen-bond donors (Lipinski definition) is 0. The van der Waals surface area contributed by atoms with Gasteiger partial charge >= 0.3 is 18.4 Å². The summed E-state index contributed by atoms with van der Waals surface area (Å²) in [5.74, 6) is -1.92. The quantitative estimate of drug-likeness (QED) is 0.409. The SMILES string of the molecule is C.CC.[B]C([B])([B])N(C(=O)Oc1c(C)cc(C(F)(F)F)cc1C(F)(F)F)c1ccc(F)cc1. The number of amides is 1. The summed E-state index contributed by atoms with van der Waals surface area (Å²) in [4.78, 5) is 12.8. The highest BCUT2D eigenvalue weighted by atomic mass is 19.4. The maximum Gasteiger partial charge on any atom is 0.420 e. The third-order valence-electron chi connectivity index (χ3n) is 3.75. The van der Waals surface area contributed by atoms with E-state index in [9.17, 15) is 35.5 Å². The Morgan fingerprint density at radius 1 is 0.909 bits per heavy atom. The Labute approximate surface area is 191 Å². The van der Waals surface area contributed by atoms with Crippen molar-refractivity contribution in [2.24, 2.45) is 0 Å². The van der Waals surface area contributed by atoms with Crippen LogP contribution in [0.3, 0.4) is 0 Å². The van der Waals surface area contributed by atoms with E-state index in [0.717, 1.165) is 31.2 Å². The summed E-state index contributed by atoms with van der Waals surface area (Å²) in [5, 5.41) is -2.51. The lowest BCUT2D eigenvalue weighted by atomic mass is 9.48. The highest BCUT2D eigenvalue weighted by Crippen LogP contribution is 2.42. The smallest absolute Gasteiger partial charge is 0.409 e. The molecule has 0 aliphatic rings. The van der Waals surface area contributed by atoms with E-state index in [4.69, 9.17) is 28.3 Å². The van der Waals surface area contributed by atoms with Crippen molar-refractivity contribution >= 4 is 35.3 Å². The molecule has 0 aromatic heterocycles. The summed E-state index contributed by atoms with van der Waals surface area (Å²) in [6, 6.07) is 3.92. The van der Waals surface area contributed by atoms with Crippen LogP contribution in [-0.4, -0.2) is 34.9 Å². The average molecular weight is 471 g/mol. The predicted molar refractivity (Wildman–Crippen MR) is 114 cm³/mol. The van der Waals surface area contributed by atoms with Crippen LogP contribution in [0, 0.1) is 12.7 Å². The molecule has 0 unspecified atom stereocenters. The van der Waals surface area contributed by atoms with E-state index < -0.39 is 51.9 Å². The second-order valence-corrected chi connectivity index (χ2v) is 6.23. The summed E-state index contributed by atoms with van der Waals surface area (Å²) < 4.78 is 96.6. The summed E-state index contributed by atoms with van der Waals surface area (Å²) in [5.41, 5.74) is -4.32. The first-order valence-electron chi connectivity index (χ1n) is 8.95. The van der Waals surface area contributed by atoms with Gasteiger partial charge in [-0.1, -0.05) is 26.5 Å². The number of halogens is 7. The molecule has 1 amide bonds. The van der Waals surface area contributed by atoms with Crippen molar-refractivity contribution < 1.29 is 40.3 Å². The van der Waals surface area contributed by atoms with Crippen molar-refractivity contribution in [2.45, 2.75) is 45.8 Å². The Balaban J connectivity index is 0.00000332. The number of aryl methyl sites for hydroxylation is 1. The molecule has 13 heteroatoms. The second-order valence-electron chi connectivity index (χ2n) is 6.23. The van der Waals surface area contributed by atoms with Crippen LogP contribution in [0.25, 0.3) is 0 Å². The zero-order valence-corrected chi connectivity index (χ0v) is 17.1. The molecule has 0 heterocycles. The Morgan fingerprint density at radius 3 is 1.79 bits per heavy atom. The highest BCUT2D eigenvalue weighted by Gasteiger charge is 2.41. The number of benzene rings is 2. The molecule has 2 aromatic carbocycles. The Bertz CT molecular complexity index is 941. The number of alkyl halides is 6. The van der Waals surface area contributed by atoms with Gasteiger partial charge in [0.2, 0.25) is 0 Å². The molecule has 0 saturated heterocycles. The zero-order valence-electron chi connectivity index (χ0n) is 17.1. The topological polar surface area (TPSA) is 29.5 Å². The van der Waals surface area contributed by atoms with Crippen molar-refractivity contribution in [3.63, 3.8) is 0 Å². The van der Waals surface area contributed by atoms with Crippen LogP contribution in [0.1, 0.15) is 38.0 Å². The minimum atomic E-state index is -5.30. The first-order valence-corrected chi connectivity index (χ1v) is 8.95. The molecule has 0 fully saturated rings. The van der Waals surface area contributed by atoms with Gasteiger partial charge in [-0.05, 0) is 48.9 Å². The number of carbonyl (C=O) groups excluding carboxylic acids is 1. The maximum atomic E-state index is 13.4. The normalized spacial score (nSPS) is 11.6. The van der Waals surface area contributed by atoms with E-state index in [-0.39, 0.29) is 19.2 Å². The van der Waals surface area contributed by atoms with E-state index in [1.165, 1.54) is 0 Å². The molecule has 0 N–H and O–H groups in total. The second kappa shape index (κ2) is 11.0. The van der Waals surface area contributed by atoms with Crippen LogP contribution in [-0.2, 0) is 12.4 Å².